The minimum Gasteiger partial charge on any atom is -0.493 e. The zero-order valence-electron chi connectivity index (χ0n) is 11.3. The van der Waals surface area contributed by atoms with Crippen molar-refractivity contribution < 1.29 is 22.7 Å². The van der Waals surface area contributed by atoms with Crippen molar-refractivity contribution in [3.05, 3.63) is 29.5 Å². The van der Waals surface area contributed by atoms with Crippen LogP contribution < -0.4 is 10.5 Å². The molecule has 0 unspecified atom stereocenters. The normalized spacial score (nSPS) is 11.9. The molecule has 0 bridgehead atoms. The molecular weight excluding hydrogens is 285 g/mol. The summed E-state index contributed by atoms with van der Waals surface area (Å²) >= 11 is 0. The molecule has 7 heteroatoms. The summed E-state index contributed by atoms with van der Waals surface area (Å²) < 4.78 is 46.1. The summed E-state index contributed by atoms with van der Waals surface area (Å²) in [7, 11) is 1.51. The first kappa shape index (κ1) is 15.4. The highest BCUT2D eigenvalue weighted by molar-refractivity contribution is 5.92. The molecular formula is C14H14F3N2O2. The van der Waals surface area contributed by atoms with E-state index in [0.717, 1.165) is 6.07 Å². The van der Waals surface area contributed by atoms with E-state index in [1.807, 2.05) is 0 Å². The summed E-state index contributed by atoms with van der Waals surface area (Å²) in [6.07, 6.45) is -2.37. The molecule has 1 aromatic heterocycles. The van der Waals surface area contributed by atoms with Crippen molar-refractivity contribution in [2.45, 2.75) is 12.6 Å². The van der Waals surface area contributed by atoms with Gasteiger partial charge in [-0.3, -0.25) is 4.79 Å². The monoisotopic (exact) mass is 299 g/mol. The second-order valence-corrected chi connectivity index (χ2v) is 4.58. The Hall–Kier alpha value is -2.02. The van der Waals surface area contributed by atoms with Crippen molar-refractivity contribution >= 4 is 17.2 Å². The van der Waals surface area contributed by atoms with Gasteiger partial charge in [-0.25, -0.2) is 0 Å². The third-order valence-corrected chi connectivity index (χ3v) is 3.16. The standard InChI is InChI=1S/C14H14F3N2O2/c1-19-9(8-20)5-11-12(14(15,16)17)6-10(7-13(11)19)21-4-2-3-18/h5-7H,2-4,18H2,1H3. The number of halogens is 3. The van der Waals surface area contributed by atoms with Gasteiger partial charge in [-0.15, -0.1) is 0 Å². The van der Waals surface area contributed by atoms with E-state index in [1.54, 1.807) is 6.29 Å². The van der Waals surface area contributed by atoms with Gasteiger partial charge in [0.2, 0.25) is 0 Å². The third kappa shape index (κ3) is 3.02. The van der Waals surface area contributed by atoms with Crippen LogP contribution >= 0.6 is 0 Å². The number of hydrogen-bond donors (Lipinski definition) is 1. The van der Waals surface area contributed by atoms with E-state index < -0.39 is 11.7 Å². The summed E-state index contributed by atoms with van der Waals surface area (Å²) in [6.45, 7) is 0.624. The summed E-state index contributed by atoms with van der Waals surface area (Å²) in [5.74, 6) is 0.0990. The summed E-state index contributed by atoms with van der Waals surface area (Å²) in [5.41, 5.74) is 4.81. The average molecular weight is 299 g/mol. The van der Waals surface area contributed by atoms with Gasteiger partial charge in [0.05, 0.1) is 23.4 Å². The Bertz CT molecular complexity index is 662. The van der Waals surface area contributed by atoms with Crippen LogP contribution in [0.25, 0.3) is 10.9 Å². The van der Waals surface area contributed by atoms with Crippen molar-refractivity contribution in [1.82, 2.24) is 4.57 Å². The Morgan fingerprint density at radius 2 is 2.05 bits per heavy atom. The van der Waals surface area contributed by atoms with Crippen LogP contribution in [-0.2, 0) is 18.0 Å². The molecule has 0 aliphatic rings. The largest absolute Gasteiger partial charge is 0.493 e. The van der Waals surface area contributed by atoms with E-state index in [0.29, 0.717) is 13.0 Å². The predicted octanol–water partition coefficient (Wildman–Crippen LogP) is 2.38. The molecule has 2 aromatic rings. The third-order valence-electron chi connectivity index (χ3n) is 3.16. The van der Waals surface area contributed by atoms with Gasteiger partial charge in [0, 0.05) is 18.5 Å². The van der Waals surface area contributed by atoms with Crippen molar-refractivity contribution in [1.29, 1.82) is 0 Å². The maximum Gasteiger partial charge on any atom is 0.417 e. The predicted molar refractivity (Wildman–Crippen MR) is 71.9 cm³/mol. The summed E-state index contributed by atoms with van der Waals surface area (Å²) in [6, 6.07) is 3.59. The van der Waals surface area contributed by atoms with Crippen molar-refractivity contribution in [2.24, 2.45) is 12.8 Å². The fraction of sp³-hybridized carbons (Fsp3) is 0.357. The fourth-order valence-corrected chi connectivity index (χ4v) is 2.09. The number of nitrogens with two attached hydrogens (primary N) is 1. The lowest BCUT2D eigenvalue weighted by atomic mass is 10.1. The number of hydrogen-bond acceptors (Lipinski definition) is 3. The molecule has 0 saturated carbocycles. The van der Waals surface area contributed by atoms with Crippen LogP contribution in [0.2, 0.25) is 0 Å². The van der Waals surface area contributed by atoms with Crippen LogP contribution in [0.5, 0.6) is 5.75 Å². The van der Waals surface area contributed by atoms with Gasteiger partial charge in [-0.2, -0.15) is 13.2 Å². The molecule has 1 aromatic carbocycles. The molecule has 2 N–H and O–H groups in total. The molecule has 0 fully saturated rings. The highest BCUT2D eigenvalue weighted by Gasteiger charge is 2.34. The van der Waals surface area contributed by atoms with Crippen LogP contribution in [-0.4, -0.2) is 24.0 Å². The number of alkyl halides is 3. The van der Waals surface area contributed by atoms with Gasteiger partial charge in [0.25, 0.3) is 6.29 Å². The minimum atomic E-state index is -4.53. The SMILES string of the molecule is Cn1c([C]=O)cc2c(C(F)(F)F)cc(OCCCN)cc21. The molecule has 2 rings (SSSR count). The highest BCUT2D eigenvalue weighted by atomic mass is 19.4. The average Bonchev–Trinajstić information content (AvgIpc) is 2.74. The maximum absolute atomic E-state index is 13.1. The van der Waals surface area contributed by atoms with Gasteiger partial charge < -0.3 is 15.0 Å². The first-order valence-corrected chi connectivity index (χ1v) is 6.30. The van der Waals surface area contributed by atoms with Crippen LogP contribution in [0.1, 0.15) is 17.7 Å². The summed E-state index contributed by atoms with van der Waals surface area (Å²) in [5, 5.41) is -0.0467. The van der Waals surface area contributed by atoms with E-state index >= 15 is 0 Å². The van der Waals surface area contributed by atoms with Gasteiger partial charge >= 0.3 is 6.18 Å². The number of carbonyl (C=O) groups excluding carboxylic acids is 1. The lowest BCUT2D eigenvalue weighted by Crippen LogP contribution is -2.09. The Labute approximate surface area is 119 Å². The number of aromatic nitrogens is 1. The van der Waals surface area contributed by atoms with E-state index in [2.05, 4.69) is 0 Å². The number of nitrogens with zero attached hydrogens (tertiary/aromatic N) is 1. The summed E-state index contributed by atoms with van der Waals surface area (Å²) in [4.78, 5) is 10.8. The van der Waals surface area contributed by atoms with Crippen molar-refractivity contribution in [3.8, 4) is 5.75 Å². The first-order chi connectivity index (χ1) is 9.88. The Morgan fingerprint density at radius 1 is 1.33 bits per heavy atom. The molecule has 4 nitrogen and oxygen atoms in total. The zero-order valence-corrected chi connectivity index (χ0v) is 11.3. The Balaban J connectivity index is 2.58. The smallest absolute Gasteiger partial charge is 0.417 e. The minimum absolute atomic E-state index is 0.0467. The number of fused-ring (bicyclic) bond motifs is 1. The van der Waals surface area contributed by atoms with E-state index in [-0.39, 0.29) is 29.0 Å². The molecule has 113 valence electrons. The number of benzene rings is 1. The Kier molecular flexibility index (Phi) is 4.22. The van der Waals surface area contributed by atoms with Gasteiger partial charge in [-0.05, 0) is 25.1 Å². The second-order valence-electron chi connectivity index (χ2n) is 4.58. The number of rotatable bonds is 5. The maximum atomic E-state index is 13.1. The molecule has 0 amide bonds. The van der Waals surface area contributed by atoms with E-state index in [9.17, 15) is 18.0 Å². The molecule has 0 aliphatic carbocycles. The lowest BCUT2D eigenvalue weighted by Gasteiger charge is -2.12. The van der Waals surface area contributed by atoms with Crippen LogP contribution in [0.4, 0.5) is 13.2 Å². The molecule has 1 radical (unpaired) electrons. The molecule has 0 aliphatic heterocycles. The zero-order chi connectivity index (χ0) is 15.6. The molecule has 0 atom stereocenters. The molecule has 0 saturated heterocycles. The quantitative estimate of drug-likeness (QED) is 0.862. The van der Waals surface area contributed by atoms with Gasteiger partial charge in [0.15, 0.2) is 0 Å². The highest BCUT2D eigenvalue weighted by Crippen LogP contribution is 2.38. The van der Waals surface area contributed by atoms with E-state index in [1.165, 1.54) is 23.7 Å². The number of aryl methyl sites for hydroxylation is 1. The fourth-order valence-electron chi connectivity index (χ4n) is 2.09. The lowest BCUT2D eigenvalue weighted by molar-refractivity contribution is -0.136. The van der Waals surface area contributed by atoms with Crippen LogP contribution in [0.3, 0.4) is 0 Å². The van der Waals surface area contributed by atoms with Gasteiger partial charge in [-0.1, -0.05) is 0 Å². The molecule has 0 spiro atoms. The van der Waals surface area contributed by atoms with E-state index in [4.69, 9.17) is 10.5 Å². The van der Waals surface area contributed by atoms with Crippen LogP contribution in [0, 0.1) is 0 Å². The first-order valence-electron chi connectivity index (χ1n) is 6.30. The van der Waals surface area contributed by atoms with Crippen molar-refractivity contribution in [2.75, 3.05) is 13.2 Å². The van der Waals surface area contributed by atoms with Crippen LogP contribution in [0.15, 0.2) is 18.2 Å². The van der Waals surface area contributed by atoms with Crippen molar-refractivity contribution in [3.63, 3.8) is 0 Å². The Morgan fingerprint density at radius 3 is 2.62 bits per heavy atom. The second kappa shape index (κ2) is 5.77. The molecule has 21 heavy (non-hydrogen) atoms. The van der Waals surface area contributed by atoms with Gasteiger partial charge in [0.1, 0.15) is 5.75 Å². The topological polar surface area (TPSA) is 57.2 Å². The molecule has 1 heterocycles. The number of ether oxygens (including phenoxy) is 1.